The van der Waals surface area contributed by atoms with Crippen LogP contribution in [0.1, 0.15) is 28.3 Å². The minimum atomic E-state index is 0.261. The molecule has 0 bridgehead atoms. The maximum atomic E-state index is 5.38. The molecule has 0 aliphatic carbocycles. The molecule has 1 unspecified atom stereocenters. The van der Waals surface area contributed by atoms with Gasteiger partial charge in [0.2, 0.25) is 0 Å². The van der Waals surface area contributed by atoms with E-state index in [1.807, 2.05) is 0 Å². The lowest BCUT2D eigenvalue weighted by atomic mass is 9.85. The standard InChI is InChI=1S/C21H21NO/c1-14-7-8-16-13-17(23-2)9-10-18(16)20(14)21-19-6-4-3-5-15(19)11-12-22-21/h3-10,13,21-22H,11-12H2,1-2H3. The number of hydrogen-bond donors (Lipinski definition) is 1. The summed E-state index contributed by atoms with van der Waals surface area (Å²) >= 11 is 0. The molecule has 3 aromatic carbocycles. The molecule has 23 heavy (non-hydrogen) atoms. The summed E-state index contributed by atoms with van der Waals surface area (Å²) in [5.41, 5.74) is 5.58. The largest absolute Gasteiger partial charge is 0.497 e. The fourth-order valence-electron chi connectivity index (χ4n) is 3.71. The molecule has 1 aliphatic heterocycles. The van der Waals surface area contributed by atoms with Crippen molar-refractivity contribution in [1.29, 1.82) is 0 Å². The van der Waals surface area contributed by atoms with Gasteiger partial charge in [0, 0.05) is 6.54 Å². The zero-order valence-corrected chi connectivity index (χ0v) is 13.6. The smallest absolute Gasteiger partial charge is 0.119 e. The predicted molar refractivity (Wildman–Crippen MR) is 95.2 cm³/mol. The van der Waals surface area contributed by atoms with Gasteiger partial charge in [0.05, 0.1) is 13.2 Å². The Balaban J connectivity index is 1.94. The van der Waals surface area contributed by atoms with Gasteiger partial charge >= 0.3 is 0 Å². The first kappa shape index (κ1) is 14.3. The molecule has 1 aliphatic rings. The number of fused-ring (bicyclic) bond motifs is 2. The van der Waals surface area contributed by atoms with Gasteiger partial charge in [0.1, 0.15) is 5.75 Å². The van der Waals surface area contributed by atoms with Crippen LogP contribution in [-0.4, -0.2) is 13.7 Å². The van der Waals surface area contributed by atoms with Gasteiger partial charge in [-0.3, -0.25) is 0 Å². The normalized spacial score (nSPS) is 17.0. The van der Waals surface area contributed by atoms with Crippen LogP contribution in [0.2, 0.25) is 0 Å². The van der Waals surface area contributed by atoms with E-state index >= 15 is 0 Å². The molecule has 0 amide bonds. The molecule has 1 heterocycles. The van der Waals surface area contributed by atoms with E-state index < -0.39 is 0 Å². The highest BCUT2D eigenvalue weighted by atomic mass is 16.5. The van der Waals surface area contributed by atoms with Crippen LogP contribution in [0.3, 0.4) is 0 Å². The second kappa shape index (κ2) is 5.71. The van der Waals surface area contributed by atoms with Crippen molar-refractivity contribution in [2.75, 3.05) is 13.7 Å². The van der Waals surface area contributed by atoms with Crippen molar-refractivity contribution in [2.45, 2.75) is 19.4 Å². The van der Waals surface area contributed by atoms with Crippen molar-refractivity contribution in [1.82, 2.24) is 5.32 Å². The maximum absolute atomic E-state index is 5.38. The first-order valence-corrected chi connectivity index (χ1v) is 8.16. The Kier molecular flexibility index (Phi) is 3.55. The van der Waals surface area contributed by atoms with Crippen molar-refractivity contribution in [3.63, 3.8) is 0 Å². The Bertz CT molecular complexity index is 869. The molecule has 1 N–H and O–H groups in total. The third-order valence-electron chi connectivity index (χ3n) is 4.88. The van der Waals surface area contributed by atoms with Crippen LogP contribution in [0.25, 0.3) is 10.8 Å². The number of benzene rings is 3. The van der Waals surface area contributed by atoms with E-state index in [9.17, 15) is 0 Å². The number of methoxy groups -OCH3 is 1. The van der Waals surface area contributed by atoms with Crippen LogP contribution in [-0.2, 0) is 6.42 Å². The van der Waals surface area contributed by atoms with E-state index in [1.165, 1.54) is 33.0 Å². The minimum absolute atomic E-state index is 0.261. The highest BCUT2D eigenvalue weighted by Gasteiger charge is 2.23. The average Bonchev–Trinajstić information content (AvgIpc) is 2.61. The van der Waals surface area contributed by atoms with Crippen LogP contribution in [0, 0.1) is 6.92 Å². The van der Waals surface area contributed by atoms with Gasteiger partial charge in [0.25, 0.3) is 0 Å². The minimum Gasteiger partial charge on any atom is -0.497 e. The van der Waals surface area contributed by atoms with E-state index in [0.29, 0.717) is 0 Å². The van der Waals surface area contributed by atoms with E-state index in [-0.39, 0.29) is 6.04 Å². The Hall–Kier alpha value is -2.32. The molecule has 2 heteroatoms. The average molecular weight is 303 g/mol. The Morgan fingerprint density at radius 3 is 2.78 bits per heavy atom. The van der Waals surface area contributed by atoms with Crippen LogP contribution < -0.4 is 10.1 Å². The van der Waals surface area contributed by atoms with Crippen molar-refractivity contribution in [3.8, 4) is 5.75 Å². The molecule has 4 rings (SSSR count). The second-order valence-electron chi connectivity index (χ2n) is 6.22. The summed E-state index contributed by atoms with van der Waals surface area (Å²) in [7, 11) is 1.72. The lowest BCUT2D eigenvalue weighted by Gasteiger charge is -2.29. The molecule has 3 aromatic rings. The molecule has 0 radical (unpaired) electrons. The Morgan fingerprint density at radius 2 is 1.91 bits per heavy atom. The number of aryl methyl sites for hydroxylation is 1. The third kappa shape index (κ3) is 2.40. The number of rotatable bonds is 2. The molecular formula is C21H21NO. The van der Waals surface area contributed by atoms with E-state index in [1.54, 1.807) is 7.11 Å². The first-order chi connectivity index (χ1) is 11.3. The summed E-state index contributed by atoms with van der Waals surface area (Å²) in [6, 6.07) is 19.8. The second-order valence-corrected chi connectivity index (χ2v) is 6.22. The zero-order chi connectivity index (χ0) is 15.8. The first-order valence-electron chi connectivity index (χ1n) is 8.16. The molecule has 0 saturated heterocycles. The molecule has 0 aromatic heterocycles. The van der Waals surface area contributed by atoms with Gasteiger partial charge in [-0.25, -0.2) is 0 Å². The van der Waals surface area contributed by atoms with Crippen LogP contribution >= 0.6 is 0 Å². The van der Waals surface area contributed by atoms with Gasteiger partial charge < -0.3 is 10.1 Å². The van der Waals surface area contributed by atoms with Crippen LogP contribution in [0.5, 0.6) is 5.75 Å². The van der Waals surface area contributed by atoms with Crippen molar-refractivity contribution in [2.24, 2.45) is 0 Å². The predicted octanol–water partition coefficient (Wildman–Crippen LogP) is 4.39. The molecule has 0 fully saturated rings. The monoisotopic (exact) mass is 303 g/mol. The third-order valence-corrected chi connectivity index (χ3v) is 4.88. The quantitative estimate of drug-likeness (QED) is 0.758. The van der Waals surface area contributed by atoms with Crippen molar-refractivity contribution < 1.29 is 4.74 Å². The summed E-state index contributed by atoms with van der Waals surface area (Å²) in [6.07, 6.45) is 1.10. The summed E-state index contributed by atoms with van der Waals surface area (Å²) in [4.78, 5) is 0. The van der Waals surface area contributed by atoms with Crippen LogP contribution in [0.4, 0.5) is 0 Å². The van der Waals surface area contributed by atoms with E-state index in [2.05, 4.69) is 66.8 Å². The molecule has 2 nitrogen and oxygen atoms in total. The van der Waals surface area contributed by atoms with Gasteiger partial charge in [-0.15, -0.1) is 0 Å². The number of ether oxygens (including phenoxy) is 1. The summed E-state index contributed by atoms with van der Waals surface area (Å²) < 4.78 is 5.38. The molecular weight excluding hydrogens is 282 g/mol. The lowest BCUT2D eigenvalue weighted by Crippen LogP contribution is -2.31. The number of hydrogen-bond acceptors (Lipinski definition) is 2. The SMILES string of the molecule is COc1ccc2c(C3NCCc4ccccc43)c(C)ccc2c1. The zero-order valence-electron chi connectivity index (χ0n) is 13.6. The lowest BCUT2D eigenvalue weighted by molar-refractivity contribution is 0.415. The molecule has 0 saturated carbocycles. The summed E-state index contributed by atoms with van der Waals surface area (Å²) in [5, 5.41) is 6.26. The fourth-order valence-corrected chi connectivity index (χ4v) is 3.71. The Morgan fingerprint density at radius 1 is 1.04 bits per heavy atom. The van der Waals surface area contributed by atoms with Gasteiger partial charge in [0.15, 0.2) is 0 Å². The van der Waals surface area contributed by atoms with Gasteiger partial charge in [-0.2, -0.15) is 0 Å². The van der Waals surface area contributed by atoms with Crippen molar-refractivity contribution >= 4 is 10.8 Å². The van der Waals surface area contributed by atoms with E-state index in [0.717, 1.165) is 18.7 Å². The summed E-state index contributed by atoms with van der Waals surface area (Å²) in [6.45, 7) is 3.23. The topological polar surface area (TPSA) is 21.3 Å². The molecule has 116 valence electrons. The van der Waals surface area contributed by atoms with E-state index in [4.69, 9.17) is 4.74 Å². The highest BCUT2D eigenvalue weighted by molar-refractivity contribution is 5.89. The molecule has 0 spiro atoms. The fraction of sp³-hybridized carbons (Fsp3) is 0.238. The van der Waals surface area contributed by atoms with Gasteiger partial charge in [-0.05, 0) is 58.5 Å². The maximum Gasteiger partial charge on any atom is 0.119 e. The van der Waals surface area contributed by atoms with Gasteiger partial charge in [-0.1, -0.05) is 42.5 Å². The number of nitrogens with one attached hydrogen (secondary N) is 1. The highest BCUT2D eigenvalue weighted by Crippen LogP contribution is 2.36. The summed E-state index contributed by atoms with van der Waals surface area (Å²) in [5.74, 6) is 0.907. The molecule has 1 atom stereocenters. The Labute approximate surface area is 137 Å². The van der Waals surface area contributed by atoms with Crippen LogP contribution in [0.15, 0.2) is 54.6 Å². The van der Waals surface area contributed by atoms with Crippen molar-refractivity contribution in [3.05, 3.63) is 76.9 Å².